The molecule has 2 aromatic rings. The van der Waals surface area contributed by atoms with Gasteiger partial charge in [-0.3, -0.25) is 9.99 Å². The smallest absolute Gasteiger partial charge is 0.0590 e. The summed E-state index contributed by atoms with van der Waals surface area (Å²) in [5.41, 5.74) is 2.10. The van der Waals surface area contributed by atoms with Gasteiger partial charge in [-0.1, -0.05) is 18.2 Å². The number of anilines is 1. The number of hydrogen-bond acceptors (Lipinski definition) is 3. The van der Waals surface area contributed by atoms with Crippen LogP contribution in [0.25, 0.3) is 0 Å². The minimum atomic E-state index is 1.04. The average Bonchev–Trinajstić information content (AvgIpc) is 2.38. The van der Waals surface area contributed by atoms with E-state index in [2.05, 4.69) is 10.1 Å². The van der Waals surface area contributed by atoms with Crippen LogP contribution >= 0.6 is 0 Å². The third-order valence-corrected chi connectivity index (χ3v) is 2.22. The van der Waals surface area contributed by atoms with Gasteiger partial charge in [0.15, 0.2) is 0 Å². The molecule has 0 aliphatic carbocycles. The number of hydrazone groups is 1. The zero-order valence-corrected chi connectivity index (χ0v) is 9.12. The van der Waals surface area contributed by atoms with Gasteiger partial charge >= 0.3 is 0 Å². The Morgan fingerprint density at radius 3 is 2.44 bits per heavy atom. The van der Waals surface area contributed by atoms with Crippen molar-refractivity contribution in [2.75, 3.05) is 12.1 Å². The van der Waals surface area contributed by atoms with Crippen LogP contribution in [0.1, 0.15) is 5.56 Å². The Hall–Kier alpha value is -2.16. The van der Waals surface area contributed by atoms with Crippen LogP contribution < -0.4 is 5.01 Å². The van der Waals surface area contributed by atoms with Gasteiger partial charge in [0.05, 0.1) is 11.9 Å². The summed E-state index contributed by atoms with van der Waals surface area (Å²) in [6, 6.07) is 13.9. The van der Waals surface area contributed by atoms with E-state index in [9.17, 15) is 0 Å². The van der Waals surface area contributed by atoms with Crippen LogP contribution in [0.15, 0.2) is 60.0 Å². The molecule has 0 fully saturated rings. The number of rotatable bonds is 3. The van der Waals surface area contributed by atoms with Crippen LogP contribution in [0.2, 0.25) is 0 Å². The average molecular weight is 211 g/mol. The van der Waals surface area contributed by atoms with E-state index < -0.39 is 0 Å². The molecule has 0 saturated carbocycles. The van der Waals surface area contributed by atoms with Gasteiger partial charge in [-0.05, 0) is 29.8 Å². The summed E-state index contributed by atoms with van der Waals surface area (Å²) in [7, 11) is 1.92. The van der Waals surface area contributed by atoms with E-state index in [-0.39, 0.29) is 0 Å². The molecule has 3 nitrogen and oxygen atoms in total. The Morgan fingerprint density at radius 1 is 1.06 bits per heavy atom. The number of benzene rings is 1. The second kappa shape index (κ2) is 5.07. The molecule has 0 bridgehead atoms. The van der Waals surface area contributed by atoms with Crippen molar-refractivity contribution in [1.29, 1.82) is 0 Å². The highest BCUT2D eigenvalue weighted by Crippen LogP contribution is 2.10. The third-order valence-electron chi connectivity index (χ3n) is 2.22. The van der Waals surface area contributed by atoms with Crippen molar-refractivity contribution in [1.82, 2.24) is 4.98 Å². The van der Waals surface area contributed by atoms with Crippen molar-refractivity contribution in [3.63, 3.8) is 0 Å². The zero-order chi connectivity index (χ0) is 11.2. The maximum Gasteiger partial charge on any atom is 0.0590 e. The van der Waals surface area contributed by atoms with Crippen LogP contribution in [0, 0.1) is 0 Å². The maximum atomic E-state index is 4.35. The highest BCUT2D eigenvalue weighted by Gasteiger charge is 1.94. The first kappa shape index (κ1) is 10.4. The predicted octanol–water partition coefficient (Wildman–Crippen LogP) is 2.55. The van der Waals surface area contributed by atoms with E-state index in [1.807, 2.05) is 60.7 Å². The Labute approximate surface area is 95.1 Å². The van der Waals surface area contributed by atoms with Crippen molar-refractivity contribution in [3.05, 3.63) is 60.4 Å². The standard InChI is InChI=1S/C13H13N3/c1-16(13-5-3-2-4-6-13)15-11-12-7-9-14-10-8-12/h2-11H,1H3/b15-11-. The number of nitrogens with zero attached hydrogens (tertiary/aromatic N) is 3. The zero-order valence-electron chi connectivity index (χ0n) is 9.12. The molecule has 0 atom stereocenters. The molecule has 0 spiro atoms. The lowest BCUT2D eigenvalue weighted by molar-refractivity contribution is 1.02. The molecule has 1 aromatic heterocycles. The summed E-state index contributed by atoms with van der Waals surface area (Å²) in [6.45, 7) is 0. The van der Waals surface area contributed by atoms with Crippen molar-refractivity contribution < 1.29 is 0 Å². The molecule has 0 radical (unpaired) electrons. The first-order valence-electron chi connectivity index (χ1n) is 5.09. The third kappa shape index (κ3) is 2.67. The normalized spacial score (nSPS) is 10.6. The van der Waals surface area contributed by atoms with Crippen LogP contribution in [-0.2, 0) is 0 Å². The fraction of sp³-hybridized carbons (Fsp3) is 0.0769. The molecule has 16 heavy (non-hydrogen) atoms. The molecule has 80 valence electrons. The second-order valence-corrected chi connectivity index (χ2v) is 3.38. The first-order valence-corrected chi connectivity index (χ1v) is 5.09. The summed E-state index contributed by atoms with van der Waals surface area (Å²) in [4.78, 5) is 3.96. The van der Waals surface area contributed by atoms with Crippen molar-refractivity contribution >= 4 is 11.9 Å². The van der Waals surface area contributed by atoms with Gasteiger partial charge < -0.3 is 0 Å². The van der Waals surface area contributed by atoms with Crippen LogP contribution in [-0.4, -0.2) is 18.2 Å². The fourth-order valence-corrected chi connectivity index (χ4v) is 1.31. The molecule has 2 rings (SSSR count). The lowest BCUT2D eigenvalue weighted by atomic mass is 10.3. The molecule has 0 saturated heterocycles. The minimum absolute atomic E-state index is 1.04. The Bertz CT molecular complexity index is 451. The molecule has 3 heteroatoms. The molecule has 0 unspecified atom stereocenters. The second-order valence-electron chi connectivity index (χ2n) is 3.38. The lowest BCUT2D eigenvalue weighted by Gasteiger charge is -2.11. The number of pyridine rings is 1. The molecule has 1 heterocycles. The summed E-state index contributed by atoms with van der Waals surface area (Å²) >= 11 is 0. The van der Waals surface area contributed by atoms with Gasteiger partial charge in [-0.15, -0.1) is 0 Å². The highest BCUT2D eigenvalue weighted by molar-refractivity contribution is 5.79. The van der Waals surface area contributed by atoms with E-state index in [4.69, 9.17) is 0 Å². The van der Waals surface area contributed by atoms with Gasteiger partial charge in [0.1, 0.15) is 0 Å². The van der Waals surface area contributed by atoms with E-state index in [1.54, 1.807) is 12.4 Å². The minimum Gasteiger partial charge on any atom is -0.269 e. The van der Waals surface area contributed by atoms with E-state index >= 15 is 0 Å². The van der Waals surface area contributed by atoms with Crippen LogP contribution in [0.5, 0.6) is 0 Å². The van der Waals surface area contributed by atoms with Gasteiger partial charge in [-0.2, -0.15) is 5.10 Å². The van der Waals surface area contributed by atoms with Gasteiger partial charge in [0.2, 0.25) is 0 Å². The Morgan fingerprint density at radius 2 is 1.75 bits per heavy atom. The van der Waals surface area contributed by atoms with Crippen molar-refractivity contribution in [2.45, 2.75) is 0 Å². The molecule has 0 N–H and O–H groups in total. The van der Waals surface area contributed by atoms with Crippen LogP contribution in [0.4, 0.5) is 5.69 Å². The summed E-state index contributed by atoms with van der Waals surface area (Å²) in [6.07, 6.45) is 5.32. The Balaban J connectivity index is 2.08. The van der Waals surface area contributed by atoms with Crippen LogP contribution in [0.3, 0.4) is 0 Å². The molecule has 1 aromatic carbocycles. The Kier molecular flexibility index (Phi) is 3.28. The van der Waals surface area contributed by atoms with E-state index in [1.165, 1.54) is 0 Å². The quantitative estimate of drug-likeness (QED) is 0.576. The highest BCUT2D eigenvalue weighted by atomic mass is 15.4. The van der Waals surface area contributed by atoms with E-state index in [0.29, 0.717) is 0 Å². The molecular weight excluding hydrogens is 198 g/mol. The lowest BCUT2D eigenvalue weighted by Crippen LogP contribution is -2.08. The largest absolute Gasteiger partial charge is 0.269 e. The summed E-state index contributed by atoms with van der Waals surface area (Å²) in [5, 5.41) is 6.18. The van der Waals surface area contributed by atoms with E-state index in [0.717, 1.165) is 11.3 Å². The maximum absolute atomic E-state index is 4.35. The van der Waals surface area contributed by atoms with Gasteiger partial charge in [-0.25, -0.2) is 0 Å². The molecule has 0 aliphatic rings. The summed E-state index contributed by atoms with van der Waals surface area (Å²) < 4.78 is 0. The van der Waals surface area contributed by atoms with Crippen molar-refractivity contribution in [3.8, 4) is 0 Å². The number of para-hydroxylation sites is 1. The molecular formula is C13H13N3. The topological polar surface area (TPSA) is 28.5 Å². The molecule has 0 amide bonds. The van der Waals surface area contributed by atoms with Gasteiger partial charge in [0.25, 0.3) is 0 Å². The number of hydrogen-bond donors (Lipinski definition) is 0. The SMILES string of the molecule is CN(/N=C\c1ccncc1)c1ccccc1. The summed E-state index contributed by atoms with van der Waals surface area (Å²) in [5.74, 6) is 0. The fourth-order valence-electron chi connectivity index (χ4n) is 1.31. The number of aromatic nitrogens is 1. The predicted molar refractivity (Wildman–Crippen MR) is 66.7 cm³/mol. The van der Waals surface area contributed by atoms with Crippen molar-refractivity contribution in [2.24, 2.45) is 5.10 Å². The monoisotopic (exact) mass is 211 g/mol. The van der Waals surface area contributed by atoms with Gasteiger partial charge in [0, 0.05) is 19.4 Å². The molecule has 0 aliphatic heterocycles. The first-order chi connectivity index (χ1) is 7.86.